The molecule has 0 saturated carbocycles. The predicted molar refractivity (Wildman–Crippen MR) is 83.7 cm³/mol. The number of hydrogen-bond acceptors (Lipinski definition) is 4. The predicted octanol–water partition coefficient (Wildman–Crippen LogP) is 1.94. The Kier molecular flexibility index (Phi) is 6.00. The lowest BCUT2D eigenvalue weighted by Gasteiger charge is -2.33. The van der Waals surface area contributed by atoms with Gasteiger partial charge in [-0.1, -0.05) is 0 Å². The lowest BCUT2D eigenvalue weighted by atomic mass is 10.2. The van der Waals surface area contributed by atoms with Crippen LogP contribution >= 0.6 is 0 Å². The molecular formula is C14H24NO5S+. The zero-order valence-electron chi connectivity index (χ0n) is 13.0. The smallest absolute Gasteiger partial charge is 0.265 e. The summed E-state index contributed by atoms with van der Waals surface area (Å²) in [6, 6.07) is 5.68. The highest BCUT2D eigenvalue weighted by atomic mass is 32.2. The molecule has 1 aromatic carbocycles. The first-order valence-corrected chi connectivity index (χ1v) is 8.39. The van der Waals surface area contributed by atoms with Crippen LogP contribution in [0.3, 0.4) is 0 Å². The van der Waals surface area contributed by atoms with Crippen molar-refractivity contribution < 1.29 is 22.4 Å². The molecule has 0 aliphatic rings. The number of hydrogen-bond donors (Lipinski definition) is 1. The van der Waals surface area contributed by atoms with Crippen molar-refractivity contribution in [3.05, 3.63) is 18.2 Å². The molecule has 1 N–H and O–H groups in total. The highest BCUT2D eigenvalue weighted by molar-refractivity contribution is 7.85. The van der Waals surface area contributed by atoms with Crippen molar-refractivity contribution in [3.63, 3.8) is 0 Å². The maximum absolute atomic E-state index is 10.8. The van der Waals surface area contributed by atoms with Gasteiger partial charge in [0.05, 0.1) is 40.1 Å². The van der Waals surface area contributed by atoms with Gasteiger partial charge in [-0.3, -0.25) is 9.04 Å². The summed E-state index contributed by atoms with van der Waals surface area (Å²) in [6.07, 6.45) is 0.386. The van der Waals surface area contributed by atoms with Gasteiger partial charge < -0.3 is 9.47 Å². The summed E-state index contributed by atoms with van der Waals surface area (Å²) in [4.78, 5) is 0. The average Bonchev–Trinajstić information content (AvgIpc) is 2.44. The molecule has 0 aliphatic carbocycles. The number of methoxy groups -OCH3 is 2. The van der Waals surface area contributed by atoms with Gasteiger partial charge >= 0.3 is 0 Å². The maximum atomic E-state index is 10.8. The minimum Gasteiger partial charge on any atom is -0.493 e. The van der Waals surface area contributed by atoms with Crippen LogP contribution in [0.5, 0.6) is 11.5 Å². The number of rotatable bonds is 8. The van der Waals surface area contributed by atoms with Crippen LogP contribution in [0.1, 0.15) is 13.3 Å². The van der Waals surface area contributed by atoms with E-state index >= 15 is 0 Å². The van der Waals surface area contributed by atoms with E-state index in [1.807, 2.05) is 32.2 Å². The lowest BCUT2D eigenvalue weighted by Crippen LogP contribution is -2.46. The molecule has 1 atom stereocenters. The molecule has 6 nitrogen and oxygen atoms in total. The quantitative estimate of drug-likeness (QED) is 0.586. The van der Waals surface area contributed by atoms with Crippen molar-refractivity contribution >= 4 is 15.8 Å². The molecule has 0 spiro atoms. The standard InChI is InChI=1S/C14H23NO5S/c1-5-15(2,9-6-10-21(16,17)18)12-7-8-13(19-3)14(11-12)20-4/h7-8,11H,5-6,9-10H2,1-4H3/p+1. The van der Waals surface area contributed by atoms with Crippen LogP contribution in [-0.4, -0.2) is 53.1 Å². The summed E-state index contributed by atoms with van der Waals surface area (Å²) in [5.41, 5.74) is 1.01. The van der Waals surface area contributed by atoms with Gasteiger partial charge in [0.1, 0.15) is 5.69 Å². The summed E-state index contributed by atoms with van der Waals surface area (Å²) in [6.45, 7) is 3.43. The van der Waals surface area contributed by atoms with Crippen LogP contribution in [-0.2, 0) is 10.1 Å². The van der Waals surface area contributed by atoms with E-state index < -0.39 is 10.1 Å². The summed E-state index contributed by atoms with van der Waals surface area (Å²) >= 11 is 0. The van der Waals surface area contributed by atoms with E-state index in [0.29, 0.717) is 28.9 Å². The van der Waals surface area contributed by atoms with Crippen molar-refractivity contribution in [1.82, 2.24) is 4.48 Å². The molecule has 1 rings (SSSR count). The Labute approximate surface area is 126 Å². The van der Waals surface area contributed by atoms with Gasteiger partial charge in [0.25, 0.3) is 10.1 Å². The first-order chi connectivity index (χ1) is 9.75. The Morgan fingerprint density at radius 1 is 1.19 bits per heavy atom. The van der Waals surface area contributed by atoms with E-state index in [1.165, 1.54) is 0 Å². The largest absolute Gasteiger partial charge is 0.493 e. The van der Waals surface area contributed by atoms with Crippen LogP contribution in [0.25, 0.3) is 0 Å². The zero-order valence-corrected chi connectivity index (χ0v) is 13.8. The van der Waals surface area contributed by atoms with Crippen molar-refractivity contribution in [1.29, 1.82) is 0 Å². The summed E-state index contributed by atoms with van der Waals surface area (Å²) in [7, 11) is 1.26. The first kappa shape index (κ1) is 17.7. The fourth-order valence-electron chi connectivity index (χ4n) is 2.23. The van der Waals surface area contributed by atoms with Gasteiger partial charge in [-0.25, -0.2) is 0 Å². The van der Waals surface area contributed by atoms with Crippen molar-refractivity contribution in [2.75, 3.05) is 40.1 Å². The fraction of sp³-hybridized carbons (Fsp3) is 0.571. The molecule has 21 heavy (non-hydrogen) atoms. The zero-order chi connectivity index (χ0) is 16.1. The normalized spacial score (nSPS) is 14.5. The highest BCUT2D eigenvalue weighted by Crippen LogP contribution is 2.33. The third-order valence-corrected chi connectivity index (χ3v) is 4.55. The molecule has 0 aromatic heterocycles. The molecule has 1 unspecified atom stereocenters. The molecule has 0 radical (unpaired) electrons. The minimum atomic E-state index is -3.92. The molecular weight excluding hydrogens is 294 g/mol. The summed E-state index contributed by atoms with van der Waals surface area (Å²) in [5, 5.41) is 0. The Morgan fingerprint density at radius 3 is 2.29 bits per heavy atom. The number of benzene rings is 1. The number of ether oxygens (including phenoxy) is 2. The van der Waals surface area contributed by atoms with Crippen LogP contribution in [0, 0.1) is 0 Å². The summed E-state index contributed by atoms with van der Waals surface area (Å²) < 4.78 is 41.6. The third-order valence-electron chi connectivity index (χ3n) is 3.74. The van der Waals surface area contributed by atoms with Gasteiger partial charge in [-0.05, 0) is 13.0 Å². The molecule has 7 heteroatoms. The lowest BCUT2D eigenvalue weighted by molar-refractivity contribution is 0.334. The van der Waals surface area contributed by atoms with Gasteiger partial charge in [0, 0.05) is 18.6 Å². The van der Waals surface area contributed by atoms with E-state index in [9.17, 15) is 8.42 Å². The van der Waals surface area contributed by atoms with Crippen LogP contribution in [0.2, 0.25) is 0 Å². The van der Waals surface area contributed by atoms with E-state index in [-0.39, 0.29) is 5.75 Å². The number of quaternary nitrogens is 1. The van der Waals surface area contributed by atoms with E-state index in [2.05, 4.69) is 0 Å². The maximum Gasteiger partial charge on any atom is 0.265 e. The highest BCUT2D eigenvalue weighted by Gasteiger charge is 2.25. The molecule has 0 amide bonds. The Balaban J connectivity index is 2.97. The topological polar surface area (TPSA) is 72.8 Å². The molecule has 0 saturated heterocycles. The fourth-order valence-corrected chi connectivity index (χ4v) is 2.72. The van der Waals surface area contributed by atoms with Gasteiger partial charge in [0.15, 0.2) is 11.5 Å². The summed E-state index contributed by atoms with van der Waals surface area (Å²) in [5.74, 6) is 1.07. The van der Waals surface area contributed by atoms with Gasteiger partial charge in [-0.2, -0.15) is 8.42 Å². The molecule has 0 heterocycles. The monoisotopic (exact) mass is 318 g/mol. The van der Waals surface area contributed by atoms with Gasteiger partial charge in [-0.15, -0.1) is 0 Å². The van der Waals surface area contributed by atoms with Crippen molar-refractivity contribution in [3.8, 4) is 11.5 Å². The minimum absolute atomic E-state index is 0.228. The van der Waals surface area contributed by atoms with Crippen LogP contribution in [0.15, 0.2) is 18.2 Å². The van der Waals surface area contributed by atoms with E-state index in [0.717, 1.165) is 12.2 Å². The first-order valence-electron chi connectivity index (χ1n) is 6.78. The van der Waals surface area contributed by atoms with E-state index in [4.69, 9.17) is 14.0 Å². The molecule has 0 fully saturated rings. The average molecular weight is 318 g/mol. The Bertz CT molecular complexity index is 573. The van der Waals surface area contributed by atoms with Gasteiger partial charge in [0.2, 0.25) is 0 Å². The second-order valence-corrected chi connectivity index (χ2v) is 6.69. The van der Waals surface area contributed by atoms with Crippen molar-refractivity contribution in [2.45, 2.75) is 13.3 Å². The van der Waals surface area contributed by atoms with Crippen LogP contribution in [0.4, 0.5) is 5.69 Å². The molecule has 1 aromatic rings. The van der Waals surface area contributed by atoms with E-state index in [1.54, 1.807) is 14.2 Å². The third kappa shape index (κ3) is 4.87. The SMILES string of the molecule is CC[N+](C)(CCCS(=O)(=O)O)c1ccc(OC)c(OC)c1. The molecule has 0 bridgehead atoms. The van der Waals surface area contributed by atoms with Crippen molar-refractivity contribution in [2.24, 2.45) is 0 Å². The Hall–Kier alpha value is -1.31. The second-order valence-electron chi connectivity index (χ2n) is 5.11. The second kappa shape index (κ2) is 7.11. The van der Waals surface area contributed by atoms with Crippen LogP contribution < -0.4 is 14.0 Å². The molecule has 120 valence electrons. The number of nitrogens with zero attached hydrogens (tertiary/aromatic N) is 1. The Morgan fingerprint density at radius 2 is 1.81 bits per heavy atom. The molecule has 0 aliphatic heterocycles.